The first-order valence-corrected chi connectivity index (χ1v) is 8.22. The summed E-state index contributed by atoms with van der Waals surface area (Å²) in [7, 11) is 2.14. The highest BCUT2D eigenvalue weighted by Crippen LogP contribution is 2.28. The van der Waals surface area contributed by atoms with Gasteiger partial charge in [0.25, 0.3) is 0 Å². The maximum Gasteiger partial charge on any atom is 0.101 e. The Morgan fingerprint density at radius 1 is 1.29 bits per heavy atom. The van der Waals surface area contributed by atoms with Gasteiger partial charge in [-0.05, 0) is 43.5 Å². The Morgan fingerprint density at radius 3 is 2.71 bits per heavy atom. The van der Waals surface area contributed by atoms with E-state index in [9.17, 15) is 5.26 Å². The van der Waals surface area contributed by atoms with Gasteiger partial charge in [-0.2, -0.15) is 5.26 Å². The van der Waals surface area contributed by atoms with E-state index in [0.717, 1.165) is 30.8 Å². The van der Waals surface area contributed by atoms with Gasteiger partial charge in [-0.25, -0.2) is 0 Å². The summed E-state index contributed by atoms with van der Waals surface area (Å²) in [5.74, 6) is 0. The number of nitrogens with zero attached hydrogens (tertiary/aromatic N) is 2. The van der Waals surface area contributed by atoms with Gasteiger partial charge in [0.15, 0.2) is 0 Å². The number of hydrogen-bond donors (Lipinski definition) is 1. The zero-order chi connectivity index (χ0) is 15.1. The molecule has 1 aliphatic carbocycles. The van der Waals surface area contributed by atoms with E-state index in [2.05, 4.69) is 42.4 Å². The Morgan fingerprint density at radius 2 is 2.05 bits per heavy atom. The van der Waals surface area contributed by atoms with E-state index >= 15 is 0 Å². The highest BCUT2D eigenvalue weighted by Gasteiger charge is 2.20. The van der Waals surface area contributed by atoms with Crippen LogP contribution in [0.1, 0.15) is 56.6 Å². The molecule has 0 spiro atoms. The molecular formula is C18H27N3. The molecule has 0 atom stereocenters. The van der Waals surface area contributed by atoms with Crippen molar-refractivity contribution >= 4 is 5.69 Å². The third kappa shape index (κ3) is 4.22. The van der Waals surface area contributed by atoms with Crippen LogP contribution in [0.4, 0.5) is 5.69 Å². The van der Waals surface area contributed by atoms with Crippen molar-refractivity contribution in [1.82, 2.24) is 5.32 Å². The van der Waals surface area contributed by atoms with Gasteiger partial charge >= 0.3 is 0 Å². The summed E-state index contributed by atoms with van der Waals surface area (Å²) in [5.41, 5.74) is 3.09. The highest BCUT2D eigenvalue weighted by atomic mass is 15.1. The maximum absolute atomic E-state index is 9.46. The minimum absolute atomic E-state index is 0.593. The average Bonchev–Trinajstić information content (AvgIpc) is 2.55. The lowest BCUT2D eigenvalue weighted by Crippen LogP contribution is -2.33. The van der Waals surface area contributed by atoms with E-state index in [1.54, 1.807) is 0 Å². The standard InChI is InChI=1S/C18H27N3/c1-3-11-20-14-15-9-10-18(16(12-15)13-19)21(2)17-7-5-4-6-8-17/h9-10,12,17,20H,3-8,11,14H2,1-2H3. The van der Waals surface area contributed by atoms with Crippen molar-refractivity contribution in [3.05, 3.63) is 29.3 Å². The Labute approximate surface area is 129 Å². The Kier molecular flexibility index (Phi) is 6.07. The van der Waals surface area contributed by atoms with Crippen molar-refractivity contribution in [1.29, 1.82) is 5.26 Å². The van der Waals surface area contributed by atoms with Gasteiger partial charge in [-0.15, -0.1) is 0 Å². The van der Waals surface area contributed by atoms with Crippen molar-refractivity contribution < 1.29 is 0 Å². The molecule has 0 unspecified atom stereocenters. The van der Waals surface area contributed by atoms with Crippen molar-refractivity contribution in [2.24, 2.45) is 0 Å². The molecule has 1 aliphatic rings. The van der Waals surface area contributed by atoms with Crippen LogP contribution in [0.2, 0.25) is 0 Å². The molecule has 0 aromatic heterocycles. The molecule has 114 valence electrons. The van der Waals surface area contributed by atoms with Crippen LogP contribution in [0, 0.1) is 11.3 Å². The lowest BCUT2D eigenvalue weighted by atomic mass is 9.93. The van der Waals surface area contributed by atoms with Gasteiger partial charge in [-0.1, -0.05) is 32.3 Å². The van der Waals surface area contributed by atoms with Crippen LogP contribution in [0.25, 0.3) is 0 Å². The van der Waals surface area contributed by atoms with E-state index in [-0.39, 0.29) is 0 Å². The molecule has 1 N–H and O–H groups in total. The van der Waals surface area contributed by atoms with Crippen molar-refractivity contribution in [2.45, 2.75) is 58.0 Å². The molecule has 21 heavy (non-hydrogen) atoms. The first kappa shape index (κ1) is 15.9. The fraction of sp³-hybridized carbons (Fsp3) is 0.611. The monoisotopic (exact) mass is 285 g/mol. The third-order valence-corrected chi connectivity index (χ3v) is 4.44. The molecule has 3 heteroatoms. The molecule has 1 saturated carbocycles. The summed E-state index contributed by atoms with van der Waals surface area (Å²) in [5, 5.41) is 12.9. The minimum Gasteiger partial charge on any atom is -0.371 e. The van der Waals surface area contributed by atoms with Crippen molar-refractivity contribution in [3.63, 3.8) is 0 Å². The molecule has 0 radical (unpaired) electrons. The smallest absolute Gasteiger partial charge is 0.101 e. The Hall–Kier alpha value is -1.53. The largest absolute Gasteiger partial charge is 0.371 e. The van der Waals surface area contributed by atoms with Crippen LogP contribution >= 0.6 is 0 Å². The zero-order valence-electron chi connectivity index (χ0n) is 13.4. The van der Waals surface area contributed by atoms with Gasteiger partial charge < -0.3 is 10.2 Å². The fourth-order valence-electron chi connectivity index (χ4n) is 3.16. The lowest BCUT2D eigenvalue weighted by molar-refractivity contribution is 0.427. The molecule has 1 aromatic carbocycles. The molecule has 0 amide bonds. The number of hydrogen-bond acceptors (Lipinski definition) is 3. The molecule has 0 bridgehead atoms. The van der Waals surface area contributed by atoms with Crippen LogP contribution < -0.4 is 10.2 Å². The zero-order valence-corrected chi connectivity index (χ0v) is 13.4. The molecule has 1 fully saturated rings. The second kappa shape index (κ2) is 8.05. The van der Waals surface area contributed by atoms with Gasteiger partial charge in [0.1, 0.15) is 6.07 Å². The average molecular weight is 285 g/mol. The molecule has 1 aromatic rings. The van der Waals surface area contributed by atoms with E-state index in [0.29, 0.717) is 6.04 Å². The first-order valence-electron chi connectivity index (χ1n) is 8.22. The topological polar surface area (TPSA) is 39.1 Å². The number of benzene rings is 1. The molecule has 0 heterocycles. The second-order valence-corrected chi connectivity index (χ2v) is 6.04. The summed E-state index contributed by atoms with van der Waals surface area (Å²) < 4.78 is 0. The number of anilines is 1. The second-order valence-electron chi connectivity index (χ2n) is 6.04. The molecule has 3 nitrogen and oxygen atoms in total. The quantitative estimate of drug-likeness (QED) is 0.807. The van der Waals surface area contributed by atoms with Gasteiger partial charge in [0.05, 0.1) is 11.3 Å². The summed E-state index contributed by atoms with van der Waals surface area (Å²) in [4.78, 5) is 2.32. The Balaban J connectivity index is 2.10. The summed E-state index contributed by atoms with van der Waals surface area (Å²) in [6.45, 7) is 4.03. The lowest BCUT2D eigenvalue weighted by Gasteiger charge is -2.33. The third-order valence-electron chi connectivity index (χ3n) is 4.44. The van der Waals surface area contributed by atoms with Crippen LogP contribution in [0.5, 0.6) is 0 Å². The minimum atomic E-state index is 0.593. The van der Waals surface area contributed by atoms with Crippen LogP contribution in [-0.4, -0.2) is 19.6 Å². The van der Waals surface area contributed by atoms with E-state index in [1.807, 2.05) is 6.07 Å². The maximum atomic E-state index is 9.46. The highest BCUT2D eigenvalue weighted by molar-refractivity contribution is 5.60. The van der Waals surface area contributed by atoms with Crippen LogP contribution in [0.3, 0.4) is 0 Å². The van der Waals surface area contributed by atoms with Crippen LogP contribution in [-0.2, 0) is 6.54 Å². The predicted molar refractivity (Wildman–Crippen MR) is 88.4 cm³/mol. The number of nitriles is 1. The number of rotatable bonds is 6. The van der Waals surface area contributed by atoms with Gasteiger partial charge in [0.2, 0.25) is 0 Å². The van der Waals surface area contributed by atoms with E-state index in [4.69, 9.17) is 0 Å². The van der Waals surface area contributed by atoms with Gasteiger partial charge in [0, 0.05) is 19.6 Å². The van der Waals surface area contributed by atoms with E-state index in [1.165, 1.54) is 37.7 Å². The molecule has 0 saturated heterocycles. The first-order chi connectivity index (χ1) is 10.3. The Bertz CT molecular complexity index is 484. The van der Waals surface area contributed by atoms with Crippen molar-refractivity contribution in [3.8, 4) is 6.07 Å². The molecular weight excluding hydrogens is 258 g/mol. The predicted octanol–water partition coefficient (Wildman–Crippen LogP) is 3.83. The summed E-state index contributed by atoms with van der Waals surface area (Å²) in [6.07, 6.45) is 7.62. The fourth-order valence-corrected chi connectivity index (χ4v) is 3.16. The normalized spacial score (nSPS) is 15.7. The van der Waals surface area contributed by atoms with Crippen molar-refractivity contribution in [2.75, 3.05) is 18.5 Å². The molecule has 2 rings (SSSR count). The SMILES string of the molecule is CCCNCc1ccc(N(C)C2CCCCC2)c(C#N)c1. The summed E-state index contributed by atoms with van der Waals surface area (Å²) >= 11 is 0. The molecule has 0 aliphatic heterocycles. The van der Waals surface area contributed by atoms with Crippen LogP contribution in [0.15, 0.2) is 18.2 Å². The van der Waals surface area contributed by atoms with E-state index < -0.39 is 0 Å². The number of nitrogens with one attached hydrogen (secondary N) is 1. The van der Waals surface area contributed by atoms with Gasteiger partial charge in [-0.3, -0.25) is 0 Å². The summed E-state index contributed by atoms with van der Waals surface area (Å²) in [6, 6.07) is 9.28.